The van der Waals surface area contributed by atoms with Gasteiger partial charge in [-0.05, 0) is 92.5 Å². The van der Waals surface area contributed by atoms with Crippen molar-refractivity contribution in [3.63, 3.8) is 0 Å². The maximum absolute atomic E-state index is 2.46. The monoisotopic (exact) mass is 866 g/mol. The van der Waals surface area contributed by atoms with Crippen LogP contribution >= 0.6 is 0 Å². The molecule has 0 aliphatic rings. The van der Waals surface area contributed by atoms with Gasteiger partial charge in [0.25, 0.3) is 0 Å². The Kier molecular flexibility index (Phi) is 10.6. The molecule has 11 aromatic carbocycles. The fourth-order valence-corrected chi connectivity index (χ4v) is 10.1. The number of para-hydroxylation sites is 5. The lowest BCUT2D eigenvalue weighted by molar-refractivity contribution is 1.18. The number of nitrogens with zero attached hydrogens (tertiary/aromatic N) is 2. The van der Waals surface area contributed by atoms with E-state index in [4.69, 9.17) is 0 Å². The third kappa shape index (κ3) is 7.35. The third-order valence-corrected chi connectivity index (χ3v) is 13.3. The molecule has 12 aromatic rings. The second-order valence-corrected chi connectivity index (χ2v) is 17.2. The van der Waals surface area contributed by atoms with Crippen LogP contribution in [0.25, 0.3) is 94.3 Å². The molecule has 0 amide bonds. The van der Waals surface area contributed by atoms with Gasteiger partial charge in [0.1, 0.15) is 0 Å². The highest BCUT2D eigenvalue weighted by Crippen LogP contribution is 2.48. The highest BCUT2D eigenvalue weighted by Gasteiger charge is 2.23. The molecular weight excluding hydrogens is 821 g/mol. The molecule has 1 aromatic heterocycles. The van der Waals surface area contributed by atoms with E-state index in [0.717, 1.165) is 45.0 Å². The minimum atomic E-state index is 1.06. The number of anilines is 3. The molecule has 2 heteroatoms. The molecular formula is C66H46N2. The molecule has 0 aliphatic heterocycles. The number of hydrogen-bond acceptors (Lipinski definition) is 1. The topological polar surface area (TPSA) is 8.17 Å². The van der Waals surface area contributed by atoms with Gasteiger partial charge in [-0.3, -0.25) is 0 Å². The Labute approximate surface area is 397 Å². The van der Waals surface area contributed by atoms with Crippen molar-refractivity contribution in [2.75, 3.05) is 4.90 Å². The SMILES string of the molecule is c1ccc(-c2ccc(-c3ccccc3N(c3ccc(-c4cccc5c6ccccc6n(-c6ccccc6)c45)cc3)c3ccccc3-c3ccccc3-c3ccccc3-c3ccccc3)cc2)cc1. The summed E-state index contributed by atoms with van der Waals surface area (Å²) in [6.07, 6.45) is 0. The molecule has 0 saturated carbocycles. The fraction of sp³-hybridized carbons (Fsp3) is 0. The van der Waals surface area contributed by atoms with Crippen LogP contribution in [-0.4, -0.2) is 4.57 Å². The number of benzene rings is 11. The van der Waals surface area contributed by atoms with Gasteiger partial charge in [-0.1, -0.05) is 237 Å². The molecule has 1 heterocycles. The first-order chi connectivity index (χ1) is 33.8. The van der Waals surface area contributed by atoms with Gasteiger partial charge in [0.2, 0.25) is 0 Å². The summed E-state index contributed by atoms with van der Waals surface area (Å²) in [7, 11) is 0. The molecule has 0 spiro atoms. The Morgan fingerprint density at radius 2 is 0.632 bits per heavy atom. The molecule has 2 nitrogen and oxygen atoms in total. The van der Waals surface area contributed by atoms with Crippen LogP contribution in [-0.2, 0) is 0 Å². The quantitative estimate of drug-likeness (QED) is 0.133. The smallest absolute Gasteiger partial charge is 0.0619 e. The zero-order chi connectivity index (χ0) is 45.2. The first kappa shape index (κ1) is 40.5. The summed E-state index contributed by atoms with van der Waals surface area (Å²) in [5.41, 5.74) is 20.9. The van der Waals surface area contributed by atoms with Crippen molar-refractivity contribution in [2.45, 2.75) is 0 Å². The second-order valence-electron chi connectivity index (χ2n) is 17.2. The average Bonchev–Trinajstić information content (AvgIpc) is 3.77. The number of rotatable bonds is 10. The molecule has 68 heavy (non-hydrogen) atoms. The average molecular weight is 867 g/mol. The summed E-state index contributed by atoms with van der Waals surface area (Å²) in [6, 6.07) is 101. The van der Waals surface area contributed by atoms with Crippen LogP contribution in [0.4, 0.5) is 17.1 Å². The minimum absolute atomic E-state index is 1.06. The highest BCUT2D eigenvalue weighted by atomic mass is 15.1. The number of aromatic nitrogens is 1. The predicted octanol–water partition coefficient (Wildman–Crippen LogP) is 18.3. The Hall–Kier alpha value is -8.98. The van der Waals surface area contributed by atoms with Crippen molar-refractivity contribution in [3.8, 4) is 72.4 Å². The summed E-state index contributed by atoms with van der Waals surface area (Å²) in [4.78, 5) is 2.46. The maximum atomic E-state index is 2.46. The van der Waals surface area contributed by atoms with E-state index < -0.39 is 0 Å². The van der Waals surface area contributed by atoms with Crippen molar-refractivity contribution >= 4 is 38.9 Å². The van der Waals surface area contributed by atoms with Gasteiger partial charge in [-0.15, -0.1) is 0 Å². The Morgan fingerprint density at radius 3 is 1.31 bits per heavy atom. The molecule has 0 unspecified atom stereocenters. The molecule has 0 fully saturated rings. The lowest BCUT2D eigenvalue weighted by Gasteiger charge is -2.30. The molecule has 12 rings (SSSR count). The number of hydrogen-bond donors (Lipinski definition) is 0. The van der Waals surface area contributed by atoms with E-state index in [9.17, 15) is 0 Å². The normalized spacial score (nSPS) is 11.2. The Balaban J connectivity index is 1.05. The van der Waals surface area contributed by atoms with E-state index in [-0.39, 0.29) is 0 Å². The molecule has 320 valence electrons. The van der Waals surface area contributed by atoms with E-state index in [2.05, 4.69) is 289 Å². The van der Waals surface area contributed by atoms with Crippen molar-refractivity contribution in [1.82, 2.24) is 4.57 Å². The van der Waals surface area contributed by atoms with Gasteiger partial charge in [0, 0.05) is 38.8 Å². The summed E-state index contributed by atoms with van der Waals surface area (Å²) >= 11 is 0. The van der Waals surface area contributed by atoms with E-state index in [1.807, 2.05) is 0 Å². The van der Waals surface area contributed by atoms with Crippen LogP contribution in [0, 0.1) is 0 Å². The van der Waals surface area contributed by atoms with Crippen LogP contribution in [0.5, 0.6) is 0 Å². The third-order valence-electron chi connectivity index (χ3n) is 13.3. The fourth-order valence-electron chi connectivity index (χ4n) is 10.1. The van der Waals surface area contributed by atoms with Crippen LogP contribution < -0.4 is 4.90 Å². The van der Waals surface area contributed by atoms with Crippen LogP contribution in [0.2, 0.25) is 0 Å². The molecule has 0 atom stereocenters. The summed E-state index contributed by atoms with van der Waals surface area (Å²) in [5, 5.41) is 2.48. The van der Waals surface area contributed by atoms with Gasteiger partial charge >= 0.3 is 0 Å². The van der Waals surface area contributed by atoms with E-state index in [0.29, 0.717) is 0 Å². The molecule has 0 N–H and O–H groups in total. The van der Waals surface area contributed by atoms with E-state index >= 15 is 0 Å². The first-order valence-electron chi connectivity index (χ1n) is 23.3. The molecule has 0 bridgehead atoms. The minimum Gasteiger partial charge on any atom is -0.309 e. The summed E-state index contributed by atoms with van der Waals surface area (Å²) < 4.78 is 2.42. The molecule has 0 radical (unpaired) electrons. The van der Waals surface area contributed by atoms with Crippen molar-refractivity contribution < 1.29 is 0 Å². The van der Waals surface area contributed by atoms with Crippen molar-refractivity contribution in [1.29, 1.82) is 0 Å². The molecule has 0 saturated heterocycles. The second kappa shape index (κ2) is 17.8. The van der Waals surface area contributed by atoms with Crippen LogP contribution in [0.3, 0.4) is 0 Å². The van der Waals surface area contributed by atoms with Gasteiger partial charge in [-0.25, -0.2) is 0 Å². The summed E-state index contributed by atoms with van der Waals surface area (Å²) in [6.45, 7) is 0. The number of fused-ring (bicyclic) bond motifs is 3. The zero-order valence-electron chi connectivity index (χ0n) is 37.5. The van der Waals surface area contributed by atoms with Crippen molar-refractivity contribution in [3.05, 3.63) is 279 Å². The maximum Gasteiger partial charge on any atom is 0.0619 e. The molecule has 0 aliphatic carbocycles. The zero-order valence-corrected chi connectivity index (χ0v) is 37.5. The van der Waals surface area contributed by atoms with Gasteiger partial charge in [-0.2, -0.15) is 0 Å². The van der Waals surface area contributed by atoms with Gasteiger partial charge in [0.05, 0.1) is 22.4 Å². The lowest BCUT2D eigenvalue weighted by Crippen LogP contribution is -2.12. The Morgan fingerprint density at radius 1 is 0.235 bits per heavy atom. The Bertz CT molecular complexity index is 3700. The van der Waals surface area contributed by atoms with Crippen molar-refractivity contribution in [2.24, 2.45) is 0 Å². The largest absolute Gasteiger partial charge is 0.309 e. The predicted molar refractivity (Wildman–Crippen MR) is 288 cm³/mol. The highest BCUT2D eigenvalue weighted by molar-refractivity contribution is 6.14. The first-order valence-corrected chi connectivity index (χ1v) is 23.3. The summed E-state index contributed by atoms with van der Waals surface area (Å²) in [5.74, 6) is 0. The van der Waals surface area contributed by atoms with E-state index in [1.54, 1.807) is 0 Å². The van der Waals surface area contributed by atoms with Gasteiger partial charge in [0.15, 0.2) is 0 Å². The van der Waals surface area contributed by atoms with Gasteiger partial charge < -0.3 is 9.47 Å². The lowest BCUT2D eigenvalue weighted by atomic mass is 9.88. The van der Waals surface area contributed by atoms with E-state index in [1.165, 1.54) is 66.3 Å². The van der Waals surface area contributed by atoms with Crippen LogP contribution in [0.1, 0.15) is 0 Å². The van der Waals surface area contributed by atoms with Crippen LogP contribution in [0.15, 0.2) is 279 Å². The standard InChI is InChI=1S/C66H46N2/c1-4-21-47(22-5-1)48-39-41-50(42-40-48)55-28-14-17-36-63(55)67(64-37-18-15-32-60(64)59-31-13-12-30-58(59)57-29-11-10-27-54(57)49-23-6-2-7-24-49)53-45-43-51(44-46-53)56-34-20-35-62-61-33-16-19-38-65(61)68(66(56)62)52-25-8-3-9-26-52/h1-46H.